The van der Waals surface area contributed by atoms with Crippen molar-refractivity contribution in [3.8, 4) is 5.75 Å². The third-order valence-electron chi connectivity index (χ3n) is 5.68. The molecule has 0 saturated carbocycles. The second kappa shape index (κ2) is 9.56. The molecule has 3 amide bonds. The van der Waals surface area contributed by atoms with Gasteiger partial charge in [0.1, 0.15) is 5.75 Å². The van der Waals surface area contributed by atoms with Gasteiger partial charge in [-0.25, -0.2) is 0 Å². The first-order chi connectivity index (χ1) is 16.0. The molecular weight excluding hydrogens is 418 g/mol. The lowest BCUT2D eigenvalue weighted by Gasteiger charge is -2.19. The summed E-state index contributed by atoms with van der Waals surface area (Å²) < 4.78 is 5.13. The monoisotopic (exact) mass is 443 g/mol. The number of amides is 3. The lowest BCUT2D eigenvalue weighted by Crippen LogP contribution is -2.29. The van der Waals surface area contributed by atoms with Gasteiger partial charge in [0.05, 0.1) is 24.3 Å². The van der Waals surface area contributed by atoms with Crippen LogP contribution < -0.4 is 20.3 Å². The van der Waals surface area contributed by atoms with E-state index < -0.39 is 5.92 Å². The minimum Gasteiger partial charge on any atom is -0.497 e. The molecule has 3 aromatic rings. The summed E-state index contributed by atoms with van der Waals surface area (Å²) in [5, 5.41) is 5.67. The summed E-state index contributed by atoms with van der Waals surface area (Å²) in [4.78, 5) is 40.1. The van der Waals surface area contributed by atoms with Crippen LogP contribution in [0.3, 0.4) is 0 Å². The average Bonchev–Trinajstić information content (AvgIpc) is 3.21. The number of ether oxygens (including phenoxy) is 1. The van der Waals surface area contributed by atoms with E-state index in [4.69, 9.17) is 4.74 Å². The standard InChI is InChI=1S/C26H25N3O4/c1-17-7-3-6-10-23(17)29-16-18(15-24(29)30)25(31)28-22-9-5-4-8-21(22)26(32)27-19-11-13-20(33-2)14-12-19/h3-14,18H,15-16H2,1-2H3,(H,27,32)(H,28,31)/t18-/m1/s1. The summed E-state index contributed by atoms with van der Waals surface area (Å²) in [7, 11) is 1.57. The zero-order valence-electron chi connectivity index (χ0n) is 18.5. The maximum absolute atomic E-state index is 13.0. The number of methoxy groups -OCH3 is 1. The molecule has 7 heteroatoms. The van der Waals surface area contributed by atoms with Gasteiger partial charge < -0.3 is 20.3 Å². The third-order valence-corrected chi connectivity index (χ3v) is 5.68. The summed E-state index contributed by atoms with van der Waals surface area (Å²) in [6.07, 6.45) is 0.125. The van der Waals surface area contributed by atoms with Crippen LogP contribution in [0.1, 0.15) is 22.3 Å². The Morgan fingerprint density at radius 3 is 2.36 bits per heavy atom. The van der Waals surface area contributed by atoms with Crippen molar-refractivity contribution in [1.29, 1.82) is 0 Å². The van der Waals surface area contributed by atoms with Gasteiger partial charge in [0.2, 0.25) is 11.8 Å². The van der Waals surface area contributed by atoms with Crippen molar-refractivity contribution in [2.24, 2.45) is 5.92 Å². The minimum absolute atomic E-state index is 0.0880. The Morgan fingerprint density at radius 1 is 0.939 bits per heavy atom. The molecule has 0 unspecified atom stereocenters. The fourth-order valence-electron chi connectivity index (χ4n) is 3.88. The predicted molar refractivity (Wildman–Crippen MR) is 128 cm³/mol. The van der Waals surface area contributed by atoms with E-state index in [1.165, 1.54) is 0 Å². The molecule has 1 fully saturated rings. The van der Waals surface area contributed by atoms with Gasteiger partial charge in [0.15, 0.2) is 0 Å². The number of hydrogen-bond donors (Lipinski definition) is 2. The van der Waals surface area contributed by atoms with Crippen molar-refractivity contribution in [2.75, 3.05) is 29.2 Å². The summed E-state index contributed by atoms with van der Waals surface area (Å²) in [5.41, 5.74) is 3.14. The van der Waals surface area contributed by atoms with Gasteiger partial charge in [-0.05, 0) is 55.0 Å². The van der Waals surface area contributed by atoms with E-state index in [0.29, 0.717) is 29.2 Å². The van der Waals surface area contributed by atoms with E-state index in [-0.39, 0.29) is 24.1 Å². The number of rotatable bonds is 6. The van der Waals surface area contributed by atoms with Crippen molar-refractivity contribution in [3.63, 3.8) is 0 Å². The maximum atomic E-state index is 13.0. The van der Waals surface area contributed by atoms with E-state index in [1.807, 2.05) is 31.2 Å². The highest BCUT2D eigenvalue weighted by Crippen LogP contribution is 2.29. The predicted octanol–water partition coefficient (Wildman–Crippen LogP) is 4.25. The quantitative estimate of drug-likeness (QED) is 0.596. The van der Waals surface area contributed by atoms with Gasteiger partial charge in [-0.15, -0.1) is 0 Å². The first kappa shape index (κ1) is 22.1. The molecule has 0 spiro atoms. The van der Waals surface area contributed by atoms with Crippen LogP contribution >= 0.6 is 0 Å². The number of carbonyl (C=O) groups excluding carboxylic acids is 3. The lowest BCUT2D eigenvalue weighted by atomic mass is 10.1. The number of nitrogens with zero attached hydrogens (tertiary/aromatic N) is 1. The molecule has 0 aromatic heterocycles. The first-order valence-corrected chi connectivity index (χ1v) is 10.7. The summed E-state index contributed by atoms with van der Waals surface area (Å²) in [6.45, 7) is 2.24. The highest BCUT2D eigenvalue weighted by atomic mass is 16.5. The number of carbonyl (C=O) groups is 3. The van der Waals surface area contributed by atoms with Crippen LogP contribution in [0.2, 0.25) is 0 Å². The molecule has 0 bridgehead atoms. The van der Waals surface area contributed by atoms with Crippen LogP contribution in [0.25, 0.3) is 0 Å². The summed E-state index contributed by atoms with van der Waals surface area (Å²) in [5.74, 6) is -0.541. The van der Waals surface area contributed by atoms with Crippen LogP contribution in [-0.4, -0.2) is 31.4 Å². The smallest absolute Gasteiger partial charge is 0.257 e. The van der Waals surface area contributed by atoms with Crippen molar-refractivity contribution >= 4 is 34.8 Å². The van der Waals surface area contributed by atoms with Crippen LogP contribution in [0, 0.1) is 12.8 Å². The molecule has 2 N–H and O–H groups in total. The molecular formula is C26H25N3O4. The Bertz CT molecular complexity index is 1190. The molecule has 1 aliphatic rings. The van der Waals surface area contributed by atoms with E-state index in [9.17, 15) is 14.4 Å². The molecule has 33 heavy (non-hydrogen) atoms. The van der Waals surface area contributed by atoms with Gasteiger partial charge in [-0.2, -0.15) is 0 Å². The summed E-state index contributed by atoms with van der Waals surface area (Å²) in [6, 6.07) is 21.4. The Hall–Kier alpha value is -4.13. The zero-order chi connectivity index (χ0) is 23.4. The molecule has 1 aliphatic heterocycles. The topological polar surface area (TPSA) is 87.7 Å². The zero-order valence-corrected chi connectivity index (χ0v) is 18.5. The molecule has 4 rings (SSSR count). The highest BCUT2D eigenvalue weighted by Gasteiger charge is 2.36. The average molecular weight is 444 g/mol. The number of para-hydroxylation sites is 2. The van der Waals surface area contributed by atoms with Crippen LogP contribution in [-0.2, 0) is 9.59 Å². The van der Waals surface area contributed by atoms with Gasteiger partial charge in [-0.1, -0.05) is 30.3 Å². The largest absolute Gasteiger partial charge is 0.497 e. The molecule has 1 heterocycles. The Labute approximate surface area is 192 Å². The first-order valence-electron chi connectivity index (χ1n) is 10.7. The fraction of sp³-hybridized carbons (Fsp3) is 0.192. The summed E-state index contributed by atoms with van der Waals surface area (Å²) >= 11 is 0. The second-order valence-electron chi connectivity index (χ2n) is 7.91. The molecule has 7 nitrogen and oxygen atoms in total. The molecule has 3 aromatic carbocycles. The van der Waals surface area contributed by atoms with Crippen LogP contribution in [0.15, 0.2) is 72.8 Å². The molecule has 168 valence electrons. The number of hydrogen-bond acceptors (Lipinski definition) is 4. The number of benzene rings is 3. The number of anilines is 3. The minimum atomic E-state index is -0.505. The SMILES string of the molecule is COc1ccc(NC(=O)c2ccccc2NC(=O)[C@@H]2CC(=O)N(c3ccccc3C)C2)cc1. The van der Waals surface area contributed by atoms with Gasteiger partial charge in [0.25, 0.3) is 5.91 Å². The molecule has 0 aliphatic carbocycles. The second-order valence-corrected chi connectivity index (χ2v) is 7.91. The van der Waals surface area contributed by atoms with E-state index in [0.717, 1.165) is 11.3 Å². The van der Waals surface area contributed by atoms with Crippen LogP contribution in [0.5, 0.6) is 5.75 Å². The lowest BCUT2D eigenvalue weighted by molar-refractivity contribution is -0.122. The Balaban J connectivity index is 1.46. The maximum Gasteiger partial charge on any atom is 0.257 e. The van der Waals surface area contributed by atoms with E-state index in [1.54, 1.807) is 60.5 Å². The normalized spacial score (nSPS) is 15.3. The number of nitrogens with one attached hydrogen (secondary N) is 2. The van der Waals surface area contributed by atoms with Crippen LogP contribution in [0.4, 0.5) is 17.1 Å². The van der Waals surface area contributed by atoms with Gasteiger partial charge in [-0.3, -0.25) is 14.4 Å². The Kier molecular flexibility index (Phi) is 6.40. The van der Waals surface area contributed by atoms with Crippen molar-refractivity contribution < 1.29 is 19.1 Å². The van der Waals surface area contributed by atoms with Gasteiger partial charge in [0, 0.05) is 24.3 Å². The fourth-order valence-corrected chi connectivity index (χ4v) is 3.88. The van der Waals surface area contributed by atoms with Crippen molar-refractivity contribution in [2.45, 2.75) is 13.3 Å². The van der Waals surface area contributed by atoms with Gasteiger partial charge >= 0.3 is 0 Å². The molecule has 1 atom stereocenters. The van der Waals surface area contributed by atoms with E-state index in [2.05, 4.69) is 10.6 Å². The Morgan fingerprint density at radius 2 is 1.64 bits per heavy atom. The van der Waals surface area contributed by atoms with Crippen molar-refractivity contribution in [3.05, 3.63) is 83.9 Å². The molecule has 1 saturated heterocycles. The van der Waals surface area contributed by atoms with Crippen molar-refractivity contribution in [1.82, 2.24) is 0 Å². The number of aryl methyl sites for hydroxylation is 1. The molecule has 0 radical (unpaired) electrons. The van der Waals surface area contributed by atoms with E-state index >= 15 is 0 Å². The highest BCUT2D eigenvalue weighted by molar-refractivity contribution is 6.11. The third kappa shape index (κ3) is 4.87.